The van der Waals surface area contributed by atoms with E-state index >= 15 is 0 Å². The zero-order valence-electron chi connectivity index (χ0n) is 22.2. The molecule has 0 bridgehead atoms. The van der Waals surface area contributed by atoms with Gasteiger partial charge in [0.05, 0.1) is 33.2 Å². The summed E-state index contributed by atoms with van der Waals surface area (Å²) in [5.74, 6) is -1.27. The molecule has 0 N–H and O–H groups in total. The van der Waals surface area contributed by atoms with Crippen molar-refractivity contribution in [1.82, 2.24) is 13.8 Å². The van der Waals surface area contributed by atoms with Crippen molar-refractivity contribution in [2.24, 2.45) is 4.99 Å². The molecule has 0 atom stereocenters. The second kappa shape index (κ2) is 12.6. The van der Waals surface area contributed by atoms with Crippen molar-refractivity contribution in [2.45, 2.75) is 25.3 Å². The third kappa shape index (κ3) is 6.61. The van der Waals surface area contributed by atoms with Crippen LogP contribution in [0.5, 0.6) is 0 Å². The van der Waals surface area contributed by atoms with Gasteiger partial charge in [0.25, 0.3) is 11.6 Å². The first-order valence-electron chi connectivity index (χ1n) is 12.6. The number of rotatable bonds is 8. The molecule has 0 unspecified atom stereocenters. The van der Waals surface area contributed by atoms with Gasteiger partial charge in [-0.2, -0.15) is 9.30 Å². The summed E-state index contributed by atoms with van der Waals surface area (Å²) in [6, 6.07) is 9.37. The first-order chi connectivity index (χ1) is 19.5. The summed E-state index contributed by atoms with van der Waals surface area (Å²) in [5, 5.41) is 11.2. The topological polar surface area (TPSA) is 171 Å². The van der Waals surface area contributed by atoms with Gasteiger partial charge in [-0.1, -0.05) is 11.3 Å². The zero-order chi connectivity index (χ0) is 29.7. The van der Waals surface area contributed by atoms with E-state index in [2.05, 4.69) is 4.99 Å². The number of amides is 2. The third-order valence-electron chi connectivity index (χ3n) is 6.17. The average molecular weight is 606 g/mol. The predicted molar refractivity (Wildman–Crippen MR) is 147 cm³/mol. The summed E-state index contributed by atoms with van der Waals surface area (Å²) in [6.45, 7) is 4.04. The van der Waals surface area contributed by atoms with Crippen LogP contribution in [0.25, 0.3) is 10.2 Å². The number of ether oxygens (including phenoxy) is 2. The maximum Gasteiger partial charge on any atom is 0.409 e. The van der Waals surface area contributed by atoms with Crippen LogP contribution in [0.3, 0.4) is 0 Å². The van der Waals surface area contributed by atoms with Gasteiger partial charge >= 0.3 is 12.1 Å². The number of hydrogen-bond acceptors (Lipinski definition) is 10. The van der Waals surface area contributed by atoms with Gasteiger partial charge in [-0.15, -0.1) is 0 Å². The standard InChI is InChI=1S/C25H27N5O9S2/c1-3-38-22(31)16-29-20-10-7-18(30(34)35)15-21(20)40-24(29)26-23(32)17-5-8-19(9-6-17)41(36,37)28-13-11-27(12-14-28)25(33)39-4-2/h5-10,15H,3-4,11-14,16H2,1-2H3. The van der Waals surface area contributed by atoms with Crippen LogP contribution < -0.4 is 4.80 Å². The van der Waals surface area contributed by atoms with Gasteiger partial charge in [-0.3, -0.25) is 19.7 Å². The summed E-state index contributed by atoms with van der Waals surface area (Å²) >= 11 is 0.994. The molecule has 1 fully saturated rings. The van der Waals surface area contributed by atoms with Crippen LogP contribution in [0, 0.1) is 10.1 Å². The Morgan fingerprint density at radius 2 is 1.66 bits per heavy atom. The minimum Gasteiger partial charge on any atom is -0.465 e. The molecule has 1 saturated heterocycles. The molecule has 16 heteroatoms. The van der Waals surface area contributed by atoms with E-state index in [4.69, 9.17) is 9.47 Å². The monoisotopic (exact) mass is 605 g/mol. The van der Waals surface area contributed by atoms with Crippen LogP contribution in [0.2, 0.25) is 0 Å². The Kier molecular flexibility index (Phi) is 9.14. The van der Waals surface area contributed by atoms with Crippen molar-refractivity contribution < 1.29 is 37.2 Å². The second-order valence-corrected chi connectivity index (χ2v) is 11.7. The molecule has 1 aliphatic heterocycles. The number of nitrogens with zero attached hydrogens (tertiary/aromatic N) is 5. The van der Waals surface area contributed by atoms with Crippen LogP contribution >= 0.6 is 11.3 Å². The number of esters is 1. The fourth-order valence-electron chi connectivity index (χ4n) is 4.15. The molecule has 14 nitrogen and oxygen atoms in total. The molecule has 1 aromatic heterocycles. The molecule has 2 aromatic carbocycles. The van der Waals surface area contributed by atoms with E-state index in [-0.39, 0.29) is 66.9 Å². The fraction of sp³-hybridized carbons (Fsp3) is 0.360. The van der Waals surface area contributed by atoms with Crippen molar-refractivity contribution in [3.8, 4) is 0 Å². The first-order valence-corrected chi connectivity index (χ1v) is 14.8. The minimum atomic E-state index is -3.87. The highest BCUT2D eigenvalue weighted by molar-refractivity contribution is 7.89. The highest BCUT2D eigenvalue weighted by Gasteiger charge is 2.30. The highest BCUT2D eigenvalue weighted by Crippen LogP contribution is 2.24. The van der Waals surface area contributed by atoms with E-state index in [1.807, 2.05) is 0 Å². The van der Waals surface area contributed by atoms with E-state index in [1.54, 1.807) is 13.8 Å². The number of carbonyl (C=O) groups excluding carboxylic acids is 3. The fourth-order valence-corrected chi connectivity index (χ4v) is 6.63. The number of sulfonamides is 1. The van der Waals surface area contributed by atoms with Gasteiger partial charge in [0, 0.05) is 43.9 Å². The number of hydrogen-bond donors (Lipinski definition) is 0. The summed E-state index contributed by atoms with van der Waals surface area (Å²) in [5.41, 5.74) is 0.408. The third-order valence-corrected chi connectivity index (χ3v) is 9.12. The van der Waals surface area contributed by atoms with Crippen molar-refractivity contribution >= 4 is 55.2 Å². The quantitative estimate of drug-likeness (QED) is 0.212. The predicted octanol–water partition coefficient (Wildman–Crippen LogP) is 2.38. The lowest BCUT2D eigenvalue weighted by atomic mass is 10.2. The maximum absolute atomic E-state index is 13.1. The van der Waals surface area contributed by atoms with Gasteiger partial charge in [-0.05, 0) is 44.2 Å². The molecule has 1 aliphatic rings. The van der Waals surface area contributed by atoms with Gasteiger partial charge < -0.3 is 18.9 Å². The average Bonchev–Trinajstić information content (AvgIpc) is 3.29. The number of non-ortho nitro benzene ring substituents is 1. The number of aromatic nitrogens is 1. The van der Waals surface area contributed by atoms with E-state index in [0.29, 0.717) is 10.2 Å². The van der Waals surface area contributed by atoms with Gasteiger partial charge in [0.1, 0.15) is 6.54 Å². The Bertz CT molecular complexity index is 1650. The van der Waals surface area contributed by atoms with Crippen molar-refractivity contribution in [3.63, 3.8) is 0 Å². The Morgan fingerprint density at radius 1 is 1.00 bits per heavy atom. The van der Waals surface area contributed by atoms with E-state index < -0.39 is 32.9 Å². The minimum absolute atomic E-state index is 0.0230. The van der Waals surface area contributed by atoms with E-state index in [1.165, 1.54) is 56.2 Å². The van der Waals surface area contributed by atoms with Crippen molar-refractivity contribution in [2.75, 3.05) is 39.4 Å². The number of nitro benzene ring substituents is 1. The van der Waals surface area contributed by atoms with Gasteiger partial charge in [0.2, 0.25) is 10.0 Å². The second-order valence-electron chi connectivity index (χ2n) is 8.72. The summed E-state index contributed by atoms with van der Waals surface area (Å²) in [4.78, 5) is 53.5. The molecule has 0 saturated carbocycles. The molecule has 41 heavy (non-hydrogen) atoms. The van der Waals surface area contributed by atoms with Crippen LogP contribution in [-0.2, 0) is 30.8 Å². The summed E-state index contributed by atoms with van der Waals surface area (Å²) in [7, 11) is -3.87. The Labute approximate surface area is 238 Å². The molecular weight excluding hydrogens is 578 g/mol. The van der Waals surface area contributed by atoms with Crippen molar-refractivity contribution in [3.05, 3.63) is 62.9 Å². The molecule has 3 aromatic rings. The van der Waals surface area contributed by atoms with Crippen LogP contribution in [0.4, 0.5) is 10.5 Å². The molecule has 2 heterocycles. The first kappa shape index (κ1) is 29.8. The Balaban J connectivity index is 1.58. The molecule has 218 valence electrons. The smallest absolute Gasteiger partial charge is 0.409 e. The number of fused-ring (bicyclic) bond motifs is 1. The summed E-state index contributed by atoms with van der Waals surface area (Å²) < 4.78 is 39.4. The largest absolute Gasteiger partial charge is 0.465 e. The van der Waals surface area contributed by atoms with E-state index in [0.717, 1.165) is 11.3 Å². The molecular formula is C25H27N5O9S2. The van der Waals surface area contributed by atoms with Crippen LogP contribution in [-0.4, -0.2) is 84.5 Å². The lowest BCUT2D eigenvalue weighted by molar-refractivity contribution is -0.384. The molecule has 2 amide bonds. The maximum atomic E-state index is 13.1. The Hall–Kier alpha value is -4.15. The number of thiazole rings is 1. The zero-order valence-corrected chi connectivity index (χ0v) is 23.9. The van der Waals surface area contributed by atoms with Crippen molar-refractivity contribution in [1.29, 1.82) is 0 Å². The lowest BCUT2D eigenvalue weighted by Crippen LogP contribution is -2.50. The summed E-state index contributed by atoms with van der Waals surface area (Å²) in [6.07, 6.45) is -0.489. The van der Waals surface area contributed by atoms with E-state index in [9.17, 15) is 32.9 Å². The molecule has 0 radical (unpaired) electrons. The van der Waals surface area contributed by atoms with Crippen LogP contribution in [0.1, 0.15) is 24.2 Å². The normalized spacial score (nSPS) is 14.7. The molecule has 0 spiro atoms. The number of piperazine rings is 1. The number of benzene rings is 2. The highest BCUT2D eigenvalue weighted by atomic mass is 32.2. The molecule has 4 rings (SSSR count). The van der Waals surface area contributed by atoms with Gasteiger partial charge in [-0.25, -0.2) is 13.2 Å². The SMILES string of the molecule is CCOC(=O)Cn1c(=NC(=O)c2ccc(S(=O)(=O)N3CCN(C(=O)OCC)CC3)cc2)sc2cc([N+](=O)[O-])ccc21. The number of nitro groups is 1. The van der Waals surface area contributed by atoms with Crippen LogP contribution in [0.15, 0.2) is 52.4 Å². The lowest BCUT2D eigenvalue weighted by Gasteiger charge is -2.33. The number of carbonyl (C=O) groups is 3. The Morgan fingerprint density at radius 3 is 2.27 bits per heavy atom. The van der Waals surface area contributed by atoms with Gasteiger partial charge in [0.15, 0.2) is 4.80 Å². The molecule has 0 aliphatic carbocycles.